The fraction of sp³-hybridized carbons (Fsp3) is 0.455. The highest BCUT2D eigenvalue weighted by Crippen LogP contribution is 2.29. The molecule has 0 aromatic heterocycles. The van der Waals surface area contributed by atoms with Gasteiger partial charge < -0.3 is 15.5 Å². The summed E-state index contributed by atoms with van der Waals surface area (Å²) in [6.45, 7) is 1.26. The molecule has 2 rings (SSSR count). The minimum absolute atomic E-state index is 0.315. The molecule has 1 aliphatic heterocycles. The molecule has 3 N–H and O–H groups in total. The Labute approximate surface area is 98.0 Å². The number of phenolic OH excluding ortho intramolecular Hbond substituents is 1. The Hall–Kier alpha value is -1.66. The van der Waals surface area contributed by atoms with Crippen LogP contribution in [0.4, 0.5) is 5.69 Å². The number of phenols is 1. The summed E-state index contributed by atoms with van der Waals surface area (Å²) in [5.74, 6) is -0.359. The largest absolute Gasteiger partial charge is 0.502 e. The van der Waals surface area contributed by atoms with Crippen molar-refractivity contribution >= 4 is 5.69 Å². The van der Waals surface area contributed by atoms with Crippen LogP contribution in [0, 0.1) is 10.1 Å². The van der Waals surface area contributed by atoms with Crippen molar-refractivity contribution in [3.8, 4) is 5.75 Å². The number of nitro benzene ring substituents is 1. The van der Waals surface area contributed by atoms with E-state index >= 15 is 0 Å². The molecule has 0 amide bonds. The molecular weight excluding hydrogens is 224 g/mol. The number of benzene rings is 1. The third kappa shape index (κ3) is 2.54. The van der Waals surface area contributed by atoms with Crippen molar-refractivity contribution in [2.45, 2.75) is 18.4 Å². The highest BCUT2D eigenvalue weighted by atomic mass is 16.6. The van der Waals surface area contributed by atoms with Crippen LogP contribution in [0.3, 0.4) is 0 Å². The first kappa shape index (κ1) is 11.8. The van der Waals surface area contributed by atoms with Crippen LogP contribution in [0.5, 0.6) is 5.75 Å². The number of hydrogen-bond acceptors (Lipinski definition) is 5. The minimum atomic E-state index is -0.817. The number of aromatic hydroxyl groups is 1. The zero-order valence-electron chi connectivity index (χ0n) is 9.22. The molecule has 0 saturated carbocycles. The van der Waals surface area contributed by atoms with E-state index in [1.807, 2.05) is 0 Å². The monoisotopic (exact) mass is 238 g/mol. The summed E-state index contributed by atoms with van der Waals surface area (Å²) in [5, 5.41) is 33.2. The van der Waals surface area contributed by atoms with Crippen LogP contribution < -0.4 is 5.32 Å². The van der Waals surface area contributed by atoms with Gasteiger partial charge in [0.2, 0.25) is 0 Å². The lowest BCUT2D eigenvalue weighted by Crippen LogP contribution is -2.33. The van der Waals surface area contributed by atoms with Crippen LogP contribution in [0.15, 0.2) is 18.2 Å². The normalized spacial score (nSPS) is 23.8. The van der Waals surface area contributed by atoms with Gasteiger partial charge in [-0.3, -0.25) is 10.1 Å². The quantitative estimate of drug-likeness (QED) is 0.528. The molecule has 1 atom stereocenters. The standard InChI is InChI=1S/C11H14N2O4/c14-10-5-8(1-2-9(10)13(16)17)6-11(15)3-4-12-7-11/h1-2,5,12,14-15H,3-4,6-7H2. The molecule has 0 radical (unpaired) electrons. The van der Waals surface area contributed by atoms with Crippen molar-refractivity contribution in [3.05, 3.63) is 33.9 Å². The van der Waals surface area contributed by atoms with E-state index in [-0.39, 0.29) is 11.4 Å². The predicted molar refractivity (Wildman–Crippen MR) is 60.9 cm³/mol. The van der Waals surface area contributed by atoms with Crippen LogP contribution in [0.1, 0.15) is 12.0 Å². The second-order valence-corrected chi connectivity index (χ2v) is 4.41. The number of nitro groups is 1. The van der Waals surface area contributed by atoms with Crippen LogP contribution in [0.25, 0.3) is 0 Å². The summed E-state index contributed by atoms with van der Waals surface area (Å²) in [6, 6.07) is 4.17. The molecule has 1 fully saturated rings. The van der Waals surface area contributed by atoms with Crippen molar-refractivity contribution in [2.24, 2.45) is 0 Å². The van der Waals surface area contributed by atoms with Gasteiger partial charge in [-0.25, -0.2) is 0 Å². The van der Waals surface area contributed by atoms with Gasteiger partial charge in [-0.2, -0.15) is 0 Å². The number of nitrogens with one attached hydrogen (secondary N) is 1. The van der Waals surface area contributed by atoms with E-state index < -0.39 is 10.5 Å². The number of β-amino-alcohol motifs (C(OH)–C–C–N with tert-alkyl or cyclic N) is 1. The van der Waals surface area contributed by atoms with Crippen molar-refractivity contribution in [1.29, 1.82) is 0 Å². The summed E-state index contributed by atoms with van der Waals surface area (Å²) >= 11 is 0. The summed E-state index contributed by atoms with van der Waals surface area (Å²) in [6.07, 6.45) is 1.02. The van der Waals surface area contributed by atoms with E-state index in [0.717, 1.165) is 6.54 Å². The summed E-state index contributed by atoms with van der Waals surface area (Å²) in [7, 11) is 0. The Kier molecular flexibility index (Phi) is 2.99. The second-order valence-electron chi connectivity index (χ2n) is 4.41. The molecule has 1 aromatic carbocycles. The van der Waals surface area contributed by atoms with Crippen molar-refractivity contribution in [3.63, 3.8) is 0 Å². The first-order valence-corrected chi connectivity index (χ1v) is 5.40. The van der Waals surface area contributed by atoms with Gasteiger partial charge in [-0.15, -0.1) is 0 Å². The number of rotatable bonds is 3. The molecule has 0 aliphatic carbocycles. The maximum absolute atomic E-state index is 10.5. The molecule has 1 aliphatic rings. The lowest BCUT2D eigenvalue weighted by molar-refractivity contribution is -0.385. The van der Waals surface area contributed by atoms with Gasteiger partial charge in [0, 0.05) is 19.0 Å². The summed E-state index contributed by atoms with van der Waals surface area (Å²) < 4.78 is 0. The van der Waals surface area contributed by atoms with Gasteiger partial charge in [0.05, 0.1) is 10.5 Å². The first-order chi connectivity index (χ1) is 8.00. The van der Waals surface area contributed by atoms with Gasteiger partial charge in [0.15, 0.2) is 5.75 Å². The fourth-order valence-electron chi connectivity index (χ4n) is 2.09. The van der Waals surface area contributed by atoms with Crippen molar-refractivity contribution in [1.82, 2.24) is 5.32 Å². The Bertz CT molecular complexity index is 441. The Balaban J connectivity index is 2.17. The molecule has 1 aromatic rings. The van der Waals surface area contributed by atoms with E-state index in [9.17, 15) is 20.3 Å². The molecule has 1 heterocycles. The first-order valence-electron chi connectivity index (χ1n) is 5.40. The van der Waals surface area contributed by atoms with E-state index in [1.54, 1.807) is 6.07 Å². The zero-order chi connectivity index (χ0) is 12.5. The van der Waals surface area contributed by atoms with Gasteiger partial charge in [0.25, 0.3) is 0 Å². The van der Waals surface area contributed by atoms with Gasteiger partial charge in [-0.05, 0) is 24.6 Å². The SMILES string of the molecule is O=[N+]([O-])c1ccc(CC2(O)CCNC2)cc1O. The Morgan fingerprint density at radius 3 is 2.82 bits per heavy atom. The molecule has 0 spiro atoms. The maximum Gasteiger partial charge on any atom is 0.310 e. The van der Waals surface area contributed by atoms with Gasteiger partial charge >= 0.3 is 5.69 Å². The lowest BCUT2D eigenvalue weighted by atomic mass is 9.93. The topological polar surface area (TPSA) is 95.6 Å². The van der Waals surface area contributed by atoms with Crippen LogP contribution in [-0.2, 0) is 6.42 Å². The van der Waals surface area contributed by atoms with Crippen molar-refractivity contribution < 1.29 is 15.1 Å². The third-order valence-electron chi connectivity index (χ3n) is 2.99. The minimum Gasteiger partial charge on any atom is -0.502 e. The zero-order valence-corrected chi connectivity index (χ0v) is 9.22. The average Bonchev–Trinajstić information content (AvgIpc) is 2.64. The number of nitrogens with zero attached hydrogens (tertiary/aromatic N) is 1. The Morgan fingerprint density at radius 2 is 2.29 bits per heavy atom. The molecular formula is C11H14N2O4. The smallest absolute Gasteiger partial charge is 0.310 e. The molecule has 1 saturated heterocycles. The molecule has 17 heavy (non-hydrogen) atoms. The van der Waals surface area contributed by atoms with E-state index in [1.165, 1.54) is 12.1 Å². The van der Waals surface area contributed by atoms with Gasteiger partial charge in [0.1, 0.15) is 0 Å². The predicted octanol–water partition coefficient (Wildman–Crippen LogP) is 0.567. The number of aliphatic hydroxyl groups is 1. The van der Waals surface area contributed by atoms with Gasteiger partial charge in [-0.1, -0.05) is 6.07 Å². The van der Waals surface area contributed by atoms with Crippen LogP contribution >= 0.6 is 0 Å². The average molecular weight is 238 g/mol. The highest BCUT2D eigenvalue weighted by molar-refractivity contribution is 5.47. The summed E-state index contributed by atoms with van der Waals surface area (Å²) in [4.78, 5) is 9.89. The maximum atomic E-state index is 10.5. The molecule has 6 heteroatoms. The molecule has 0 bridgehead atoms. The third-order valence-corrected chi connectivity index (χ3v) is 2.99. The Morgan fingerprint density at radius 1 is 1.53 bits per heavy atom. The fourth-order valence-corrected chi connectivity index (χ4v) is 2.09. The number of hydrogen-bond donors (Lipinski definition) is 3. The highest BCUT2D eigenvalue weighted by Gasteiger charge is 2.31. The van der Waals surface area contributed by atoms with E-state index in [4.69, 9.17) is 0 Å². The van der Waals surface area contributed by atoms with Crippen LogP contribution in [-0.4, -0.2) is 33.8 Å². The molecule has 6 nitrogen and oxygen atoms in total. The molecule has 1 unspecified atom stereocenters. The lowest BCUT2D eigenvalue weighted by Gasteiger charge is -2.21. The van der Waals surface area contributed by atoms with Crippen molar-refractivity contribution in [2.75, 3.05) is 13.1 Å². The second kappa shape index (κ2) is 4.31. The summed E-state index contributed by atoms with van der Waals surface area (Å²) in [5.41, 5.74) is -0.438. The molecule has 92 valence electrons. The van der Waals surface area contributed by atoms with E-state index in [0.29, 0.717) is 24.9 Å². The van der Waals surface area contributed by atoms with Crippen LogP contribution in [0.2, 0.25) is 0 Å². The van der Waals surface area contributed by atoms with E-state index in [2.05, 4.69) is 5.32 Å².